The third-order valence-electron chi connectivity index (χ3n) is 6.71. The molecule has 4 N–H and O–H groups in total. The molecule has 44 heavy (non-hydrogen) atoms. The average Bonchev–Trinajstić information content (AvgIpc) is 3.27. The van der Waals surface area contributed by atoms with Gasteiger partial charge in [-0.15, -0.1) is 0 Å². The zero-order valence-electron chi connectivity index (χ0n) is 24.3. The van der Waals surface area contributed by atoms with Gasteiger partial charge in [-0.05, 0) is 61.2 Å². The van der Waals surface area contributed by atoms with E-state index in [2.05, 4.69) is 45.0 Å². The first-order valence-corrected chi connectivity index (χ1v) is 14.6. The van der Waals surface area contributed by atoms with E-state index in [1.165, 1.54) is 29.5 Å². The second-order valence-electron chi connectivity index (χ2n) is 10.1. The summed E-state index contributed by atoms with van der Waals surface area (Å²) in [6, 6.07) is 15.0. The zero-order chi connectivity index (χ0) is 32.1. The van der Waals surface area contributed by atoms with Gasteiger partial charge < -0.3 is 26.0 Å². The number of aliphatic carboxylic acids is 1. The zero-order valence-corrected chi connectivity index (χ0v) is 25.0. The van der Waals surface area contributed by atoms with E-state index in [0.29, 0.717) is 11.4 Å². The van der Waals surface area contributed by atoms with Crippen LogP contribution < -0.4 is 26.4 Å². The van der Waals surface area contributed by atoms with Crippen molar-refractivity contribution in [2.45, 2.75) is 51.7 Å². The summed E-state index contributed by atoms with van der Waals surface area (Å²) >= 11 is 6.45. The molecular formula is C30H36ClF3N6O4. The lowest BCUT2D eigenvalue weighted by Crippen LogP contribution is -2.32. The topological polar surface area (TPSA) is 129 Å². The Morgan fingerprint density at radius 1 is 0.977 bits per heavy atom. The Morgan fingerprint density at radius 3 is 2.14 bits per heavy atom. The van der Waals surface area contributed by atoms with Crippen molar-refractivity contribution < 1.29 is 27.9 Å². The Labute approximate surface area is 258 Å². The van der Waals surface area contributed by atoms with Gasteiger partial charge in [0.15, 0.2) is 0 Å². The van der Waals surface area contributed by atoms with Crippen molar-refractivity contribution in [3.05, 3.63) is 81.2 Å². The molecule has 0 saturated carbocycles. The van der Waals surface area contributed by atoms with Crippen molar-refractivity contribution >= 4 is 40.7 Å². The van der Waals surface area contributed by atoms with E-state index < -0.39 is 12.1 Å². The summed E-state index contributed by atoms with van der Waals surface area (Å²) in [6.45, 7) is 5.92. The van der Waals surface area contributed by atoms with Gasteiger partial charge >= 0.3 is 18.2 Å². The molecule has 0 unspecified atom stereocenters. The number of alkyl halides is 3. The lowest BCUT2D eigenvalue weighted by Gasteiger charge is -2.23. The molecule has 1 aliphatic rings. The summed E-state index contributed by atoms with van der Waals surface area (Å²) in [6.07, 6.45) is 2.25. The lowest BCUT2D eigenvalue weighted by molar-refractivity contribution is -0.192. The van der Waals surface area contributed by atoms with Crippen molar-refractivity contribution in [2.75, 3.05) is 41.7 Å². The van der Waals surface area contributed by atoms with Gasteiger partial charge in [-0.2, -0.15) is 18.3 Å². The molecule has 0 spiro atoms. The Morgan fingerprint density at radius 2 is 1.57 bits per heavy atom. The minimum atomic E-state index is -5.08. The minimum absolute atomic E-state index is 0.195. The van der Waals surface area contributed by atoms with Crippen molar-refractivity contribution in [3.8, 4) is 0 Å². The average molecular weight is 637 g/mol. The molecule has 2 aromatic carbocycles. The molecule has 0 bridgehead atoms. The predicted molar refractivity (Wildman–Crippen MR) is 165 cm³/mol. The van der Waals surface area contributed by atoms with Crippen molar-refractivity contribution in [1.29, 1.82) is 0 Å². The number of nitrogens with one attached hydrogen (secondary N) is 3. The Bertz CT molecular complexity index is 1420. The molecule has 4 rings (SSSR count). The van der Waals surface area contributed by atoms with E-state index in [4.69, 9.17) is 21.5 Å². The van der Waals surface area contributed by atoms with Gasteiger partial charge in [0.1, 0.15) is 5.02 Å². The molecule has 1 aliphatic heterocycles. The first-order chi connectivity index (χ1) is 21.0. The van der Waals surface area contributed by atoms with Gasteiger partial charge in [0.05, 0.1) is 18.4 Å². The second-order valence-corrected chi connectivity index (χ2v) is 10.5. The molecule has 14 heteroatoms. The molecule has 238 valence electrons. The molecule has 0 aliphatic carbocycles. The number of benzene rings is 2. The fourth-order valence-electron chi connectivity index (χ4n) is 4.37. The number of anilines is 3. The van der Waals surface area contributed by atoms with Crippen LogP contribution in [0.2, 0.25) is 5.02 Å². The fraction of sp³-hybridized carbons (Fsp3) is 0.400. The molecule has 1 aromatic heterocycles. The number of aromatic nitrogens is 2. The van der Waals surface area contributed by atoms with E-state index in [9.17, 15) is 22.8 Å². The Kier molecular flexibility index (Phi) is 13.0. The highest BCUT2D eigenvalue weighted by Crippen LogP contribution is 2.22. The van der Waals surface area contributed by atoms with Gasteiger partial charge in [-0.3, -0.25) is 4.79 Å². The number of carbonyl (C=O) groups excluding carboxylic acids is 1. The van der Waals surface area contributed by atoms with Gasteiger partial charge in [0.25, 0.3) is 5.56 Å². The quantitative estimate of drug-likeness (QED) is 0.220. The maximum Gasteiger partial charge on any atom is 0.490 e. The maximum atomic E-state index is 12.9. The number of rotatable bonds is 9. The van der Waals surface area contributed by atoms with Crippen LogP contribution >= 0.6 is 11.6 Å². The third kappa shape index (κ3) is 10.9. The van der Waals surface area contributed by atoms with Crippen LogP contribution in [-0.4, -0.2) is 59.2 Å². The standard InChI is InChI=1S/C28H35ClN6O2.C2HF3O2/c1-2-3-4-6-21-7-11-23(12-8-21)32-28(37)33-24-13-9-22(10-14-24)20-35-27(36)26(29)25(19-31-35)34-17-5-15-30-16-18-34;3-2(4,5)1(6)7/h7-14,19,30H,2-6,15-18,20H2,1H3,(H2,32,33,37);(H,6,7). The summed E-state index contributed by atoms with van der Waals surface area (Å²) in [4.78, 5) is 36.3. The van der Waals surface area contributed by atoms with Crippen LogP contribution in [0.5, 0.6) is 0 Å². The second kappa shape index (κ2) is 16.7. The molecule has 0 atom stereocenters. The van der Waals surface area contributed by atoms with Gasteiger partial charge in [-0.25, -0.2) is 14.3 Å². The summed E-state index contributed by atoms with van der Waals surface area (Å²) in [5, 5.41) is 20.7. The van der Waals surface area contributed by atoms with Gasteiger partial charge in [-0.1, -0.05) is 55.6 Å². The van der Waals surface area contributed by atoms with Crippen LogP contribution in [0.4, 0.5) is 35.0 Å². The first kappa shape index (κ1) is 34.4. The lowest BCUT2D eigenvalue weighted by atomic mass is 10.1. The number of carboxylic acids is 1. The first-order valence-electron chi connectivity index (χ1n) is 14.2. The molecule has 2 amide bonds. The van der Waals surface area contributed by atoms with Crippen molar-refractivity contribution in [1.82, 2.24) is 15.1 Å². The van der Waals surface area contributed by atoms with E-state index in [0.717, 1.165) is 50.3 Å². The molecule has 1 fully saturated rings. The van der Waals surface area contributed by atoms with Crippen LogP contribution in [0.25, 0.3) is 0 Å². The normalized spacial score (nSPS) is 13.3. The van der Waals surface area contributed by atoms with E-state index in [1.54, 1.807) is 18.3 Å². The molecule has 10 nitrogen and oxygen atoms in total. The van der Waals surface area contributed by atoms with Gasteiger partial charge in [0.2, 0.25) is 0 Å². The number of nitrogens with zero attached hydrogens (tertiary/aromatic N) is 3. The fourth-order valence-corrected chi connectivity index (χ4v) is 4.64. The maximum absolute atomic E-state index is 12.9. The molecule has 2 heterocycles. The Balaban J connectivity index is 0.000000676. The highest BCUT2D eigenvalue weighted by molar-refractivity contribution is 6.33. The van der Waals surface area contributed by atoms with Crippen molar-refractivity contribution in [3.63, 3.8) is 0 Å². The number of halogens is 4. The van der Waals surface area contributed by atoms with E-state index in [1.807, 2.05) is 24.3 Å². The molecule has 0 radical (unpaired) electrons. The predicted octanol–water partition coefficient (Wildman–Crippen LogP) is 5.75. The van der Waals surface area contributed by atoms with Crippen LogP contribution in [0.3, 0.4) is 0 Å². The number of carboxylic acid groups (broad SMARTS) is 1. The van der Waals surface area contributed by atoms with Crippen LogP contribution in [-0.2, 0) is 17.8 Å². The van der Waals surface area contributed by atoms with Crippen LogP contribution in [0.1, 0.15) is 43.7 Å². The number of carbonyl (C=O) groups is 2. The highest BCUT2D eigenvalue weighted by atomic mass is 35.5. The van der Waals surface area contributed by atoms with E-state index in [-0.39, 0.29) is 23.2 Å². The third-order valence-corrected chi connectivity index (χ3v) is 7.07. The SMILES string of the molecule is CCCCCc1ccc(NC(=O)Nc2ccc(Cn3ncc(N4CCCNCC4)c(Cl)c3=O)cc2)cc1.O=C(O)C(F)(F)F. The minimum Gasteiger partial charge on any atom is -0.475 e. The summed E-state index contributed by atoms with van der Waals surface area (Å²) in [5.41, 5.74) is 3.93. The van der Waals surface area contributed by atoms with Crippen LogP contribution in [0, 0.1) is 0 Å². The summed E-state index contributed by atoms with van der Waals surface area (Å²) < 4.78 is 33.1. The number of hydrogen-bond donors (Lipinski definition) is 4. The summed E-state index contributed by atoms with van der Waals surface area (Å²) in [5.74, 6) is -2.76. The smallest absolute Gasteiger partial charge is 0.475 e. The number of urea groups is 1. The highest BCUT2D eigenvalue weighted by Gasteiger charge is 2.38. The number of unbranched alkanes of at least 4 members (excludes halogenated alkanes) is 2. The van der Waals surface area contributed by atoms with Gasteiger partial charge in [0, 0.05) is 31.0 Å². The molecular weight excluding hydrogens is 601 g/mol. The molecule has 1 saturated heterocycles. The summed E-state index contributed by atoms with van der Waals surface area (Å²) in [7, 11) is 0. The largest absolute Gasteiger partial charge is 0.490 e. The molecule has 3 aromatic rings. The van der Waals surface area contributed by atoms with E-state index >= 15 is 0 Å². The Hall–Kier alpha value is -4.10. The number of hydrogen-bond acceptors (Lipinski definition) is 6. The van der Waals surface area contributed by atoms with Crippen LogP contribution in [0.15, 0.2) is 59.5 Å². The number of aryl methyl sites for hydroxylation is 1. The number of amides is 2. The van der Waals surface area contributed by atoms with Crippen molar-refractivity contribution in [2.24, 2.45) is 0 Å². The monoisotopic (exact) mass is 636 g/mol.